The zero-order valence-electron chi connectivity index (χ0n) is 14.7. The van der Waals surface area contributed by atoms with E-state index in [0.717, 1.165) is 11.3 Å². The third-order valence-corrected chi connectivity index (χ3v) is 4.74. The first kappa shape index (κ1) is 19.7. The number of ketones is 1. The molecule has 0 aliphatic carbocycles. The molecule has 2 aromatic rings. The van der Waals surface area contributed by atoms with E-state index in [9.17, 15) is 14.4 Å². The highest BCUT2D eigenvalue weighted by molar-refractivity contribution is 7.14. The van der Waals surface area contributed by atoms with Crippen LogP contribution in [-0.4, -0.2) is 37.4 Å². The first-order valence-electron chi connectivity index (χ1n) is 8.32. The van der Waals surface area contributed by atoms with Crippen LogP contribution in [0.1, 0.15) is 38.8 Å². The van der Waals surface area contributed by atoms with Gasteiger partial charge in [0.1, 0.15) is 12.3 Å². The number of nitrogens with one attached hydrogen (secondary N) is 1. The van der Waals surface area contributed by atoms with Crippen LogP contribution in [0.4, 0.5) is 0 Å². The summed E-state index contributed by atoms with van der Waals surface area (Å²) in [7, 11) is 0. The van der Waals surface area contributed by atoms with Crippen LogP contribution in [0.5, 0.6) is 5.75 Å². The Morgan fingerprint density at radius 1 is 1.04 bits per heavy atom. The minimum Gasteiger partial charge on any atom is -0.494 e. The van der Waals surface area contributed by atoms with Gasteiger partial charge < -0.3 is 14.8 Å². The van der Waals surface area contributed by atoms with Crippen molar-refractivity contribution in [1.82, 2.24) is 5.32 Å². The van der Waals surface area contributed by atoms with Crippen LogP contribution in [0.25, 0.3) is 0 Å². The van der Waals surface area contributed by atoms with E-state index in [-0.39, 0.29) is 18.9 Å². The van der Waals surface area contributed by atoms with Crippen LogP contribution < -0.4 is 10.1 Å². The Balaban J connectivity index is 1.75. The molecule has 0 saturated carbocycles. The summed E-state index contributed by atoms with van der Waals surface area (Å²) in [6.07, 6.45) is 0.856. The molecular weight excluding hydrogens is 354 g/mol. The first-order valence-corrected chi connectivity index (χ1v) is 9.13. The number of thiophene rings is 1. The van der Waals surface area contributed by atoms with Crippen molar-refractivity contribution >= 4 is 29.0 Å². The van der Waals surface area contributed by atoms with E-state index >= 15 is 0 Å². The summed E-state index contributed by atoms with van der Waals surface area (Å²) in [6, 6.07) is 10.2. The van der Waals surface area contributed by atoms with E-state index in [1.807, 2.05) is 19.9 Å². The molecule has 0 radical (unpaired) electrons. The molecule has 2 rings (SSSR count). The molecule has 0 saturated heterocycles. The highest BCUT2D eigenvalue weighted by atomic mass is 32.1. The van der Waals surface area contributed by atoms with Crippen molar-refractivity contribution in [1.29, 1.82) is 0 Å². The number of Topliss-reactive ketones (excluding diaryl/α,β-unsaturated/α-hetero) is 1. The Bertz CT molecular complexity index is 766. The topological polar surface area (TPSA) is 81.7 Å². The van der Waals surface area contributed by atoms with Crippen LogP contribution in [-0.2, 0) is 16.0 Å². The van der Waals surface area contributed by atoms with Crippen molar-refractivity contribution in [3.05, 3.63) is 51.7 Å². The van der Waals surface area contributed by atoms with Crippen LogP contribution in [0.15, 0.2) is 36.4 Å². The third-order valence-electron chi connectivity index (χ3n) is 3.47. The molecule has 7 heteroatoms. The predicted octanol–water partition coefficient (Wildman–Crippen LogP) is 2.87. The van der Waals surface area contributed by atoms with Crippen molar-refractivity contribution in [2.75, 3.05) is 19.8 Å². The number of aryl methyl sites for hydroxylation is 1. The van der Waals surface area contributed by atoms with Crippen LogP contribution in [0.3, 0.4) is 0 Å². The Morgan fingerprint density at radius 3 is 2.38 bits per heavy atom. The summed E-state index contributed by atoms with van der Waals surface area (Å²) in [5.41, 5.74) is 0.406. The van der Waals surface area contributed by atoms with Crippen LogP contribution in [0.2, 0.25) is 0 Å². The van der Waals surface area contributed by atoms with Gasteiger partial charge in [-0.1, -0.05) is 6.92 Å². The average molecular weight is 375 g/mol. The molecular formula is C19H21NO5S. The van der Waals surface area contributed by atoms with Gasteiger partial charge in [0.25, 0.3) is 5.91 Å². The fourth-order valence-electron chi connectivity index (χ4n) is 2.11. The van der Waals surface area contributed by atoms with Crippen molar-refractivity contribution in [3.8, 4) is 5.75 Å². The number of carbonyl (C=O) groups excluding carboxylic acids is 3. The van der Waals surface area contributed by atoms with E-state index in [0.29, 0.717) is 22.8 Å². The van der Waals surface area contributed by atoms with Crippen molar-refractivity contribution in [2.45, 2.75) is 20.3 Å². The first-order chi connectivity index (χ1) is 12.5. The molecule has 1 amide bonds. The van der Waals surface area contributed by atoms with E-state index in [1.165, 1.54) is 11.3 Å². The quantitative estimate of drug-likeness (QED) is 0.538. The van der Waals surface area contributed by atoms with Gasteiger partial charge in [-0.2, -0.15) is 0 Å². The molecule has 0 bridgehead atoms. The van der Waals surface area contributed by atoms with Gasteiger partial charge in [-0.05, 0) is 49.7 Å². The molecule has 0 aliphatic heterocycles. The molecule has 1 aromatic carbocycles. The maximum atomic E-state index is 12.0. The summed E-state index contributed by atoms with van der Waals surface area (Å²) < 4.78 is 10.2. The normalized spacial score (nSPS) is 10.2. The summed E-state index contributed by atoms with van der Waals surface area (Å²) in [5.74, 6) is -0.644. The van der Waals surface area contributed by atoms with Gasteiger partial charge in [-0.3, -0.25) is 14.4 Å². The molecule has 138 valence electrons. The Kier molecular flexibility index (Phi) is 7.35. The molecule has 0 aliphatic rings. The lowest BCUT2D eigenvalue weighted by Crippen LogP contribution is -2.31. The molecule has 1 aromatic heterocycles. The number of rotatable bonds is 9. The van der Waals surface area contributed by atoms with Gasteiger partial charge in [0, 0.05) is 10.4 Å². The van der Waals surface area contributed by atoms with Crippen LogP contribution in [0, 0.1) is 0 Å². The number of esters is 1. The highest BCUT2D eigenvalue weighted by Crippen LogP contribution is 2.17. The molecule has 0 atom stereocenters. The zero-order valence-corrected chi connectivity index (χ0v) is 15.6. The lowest BCUT2D eigenvalue weighted by atomic mass is 10.2. The standard InChI is InChI=1S/C19H21NO5S/c1-3-15-9-10-17(26-15)16(21)12-25-18(22)11-20-19(23)13-5-7-14(8-6-13)24-4-2/h5-10H,3-4,11-12H2,1-2H3,(H,20,23). The van der Waals surface area contributed by atoms with E-state index < -0.39 is 11.9 Å². The Hall–Kier alpha value is -2.67. The minimum atomic E-state index is -0.662. The summed E-state index contributed by atoms with van der Waals surface area (Å²) in [6.45, 7) is 3.79. The SMILES string of the molecule is CCOc1ccc(C(=O)NCC(=O)OCC(=O)c2ccc(CC)s2)cc1. The van der Waals surface area contributed by atoms with E-state index in [2.05, 4.69) is 5.32 Å². The summed E-state index contributed by atoms with van der Waals surface area (Å²) >= 11 is 1.39. The Morgan fingerprint density at radius 2 is 1.77 bits per heavy atom. The molecule has 1 N–H and O–H groups in total. The highest BCUT2D eigenvalue weighted by Gasteiger charge is 2.13. The van der Waals surface area contributed by atoms with Crippen molar-refractivity contribution in [3.63, 3.8) is 0 Å². The second-order valence-corrected chi connectivity index (χ2v) is 6.51. The van der Waals surface area contributed by atoms with Gasteiger partial charge in [-0.15, -0.1) is 11.3 Å². The molecule has 0 unspecified atom stereocenters. The number of benzene rings is 1. The fraction of sp³-hybridized carbons (Fsp3) is 0.316. The minimum absolute atomic E-state index is 0.249. The van der Waals surface area contributed by atoms with Gasteiger partial charge in [0.15, 0.2) is 6.61 Å². The van der Waals surface area contributed by atoms with Gasteiger partial charge >= 0.3 is 5.97 Å². The summed E-state index contributed by atoms with van der Waals surface area (Å²) in [4.78, 5) is 37.3. The molecule has 6 nitrogen and oxygen atoms in total. The molecule has 1 heterocycles. The largest absolute Gasteiger partial charge is 0.494 e. The zero-order chi connectivity index (χ0) is 18.9. The van der Waals surface area contributed by atoms with Gasteiger partial charge in [0.05, 0.1) is 11.5 Å². The molecule has 0 spiro atoms. The van der Waals surface area contributed by atoms with Gasteiger partial charge in [-0.25, -0.2) is 0 Å². The summed E-state index contributed by atoms with van der Waals surface area (Å²) in [5, 5.41) is 2.46. The van der Waals surface area contributed by atoms with Crippen molar-refractivity contribution in [2.24, 2.45) is 0 Å². The number of hydrogen-bond donors (Lipinski definition) is 1. The van der Waals surface area contributed by atoms with Crippen LogP contribution >= 0.6 is 11.3 Å². The second-order valence-electron chi connectivity index (χ2n) is 5.34. The molecule has 26 heavy (non-hydrogen) atoms. The predicted molar refractivity (Wildman–Crippen MR) is 98.9 cm³/mol. The number of ether oxygens (including phenoxy) is 2. The smallest absolute Gasteiger partial charge is 0.325 e. The lowest BCUT2D eigenvalue weighted by molar-refractivity contribution is -0.141. The average Bonchev–Trinajstić information content (AvgIpc) is 3.14. The van der Waals surface area contributed by atoms with E-state index in [1.54, 1.807) is 30.3 Å². The second kappa shape index (κ2) is 9.72. The van der Waals surface area contributed by atoms with E-state index in [4.69, 9.17) is 9.47 Å². The molecule has 0 fully saturated rings. The fourth-order valence-corrected chi connectivity index (χ4v) is 2.98. The number of carbonyl (C=O) groups is 3. The maximum absolute atomic E-state index is 12.0. The Labute approximate surface area is 156 Å². The number of hydrogen-bond acceptors (Lipinski definition) is 6. The lowest BCUT2D eigenvalue weighted by Gasteiger charge is -2.07. The number of amides is 1. The monoisotopic (exact) mass is 375 g/mol. The maximum Gasteiger partial charge on any atom is 0.325 e. The third kappa shape index (κ3) is 5.70. The van der Waals surface area contributed by atoms with Crippen molar-refractivity contribution < 1.29 is 23.9 Å². The van der Waals surface area contributed by atoms with Gasteiger partial charge in [0.2, 0.25) is 5.78 Å².